The first-order chi connectivity index (χ1) is 6.33. The molecule has 0 aliphatic heterocycles. The Morgan fingerprint density at radius 1 is 1.46 bits per heavy atom. The molecule has 0 heterocycles. The van der Waals surface area contributed by atoms with Gasteiger partial charge in [-0.3, -0.25) is 0 Å². The Bertz CT molecular complexity index is 153. The van der Waals surface area contributed by atoms with E-state index in [-0.39, 0.29) is 0 Å². The zero-order valence-corrected chi connectivity index (χ0v) is 8.29. The van der Waals surface area contributed by atoms with Gasteiger partial charge >= 0.3 is 6.09 Å². The first-order valence-corrected chi connectivity index (χ1v) is 5.08. The van der Waals surface area contributed by atoms with Crippen molar-refractivity contribution in [1.82, 2.24) is 5.32 Å². The molecule has 3 nitrogen and oxygen atoms in total. The van der Waals surface area contributed by atoms with Crippen LogP contribution >= 0.6 is 0 Å². The molecule has 0 atom stereocenters. The fraction of sp³-hybridized carbons (Fsp3) is 0.900. The van der Waals surface area contributed by atoms with Crippen molar-refractivity contribution in [3.63, 3.8) is 0 Å². The van der Waals surface area contributed by atoms with Crippen molar-refractivity contribution >= 4 is 6.09 Å². The van der Waals surface area contributed by atoms with Crippen molar-refractivity contribution in [1.29, 1.82) is 0 Å². The van der Waals surface area contributed by atoms with E-state index in [4.69, 9.17) is 0 Å². The minimum absolute atomic E-state index is 0.438. The summed E-state index contributed by atoms with van der Waals surface area (Å²) in [5.74, 6) is 0.896. The predicted molar refractivity (Wildman–Crippen MR) is 50.6 cm³/mol. The minimum Gasteiger partial charge on any atom is -0.452 e. The van der Waals surface area contributed by atoms with Gasteiger partial charge in [0, 0.05) is 6.54 Å². The van der Waals surface area contributed by atoms with Gasteiger partial charge in [-0.05, 0) is 18.8 Å². The fourth-order valence-corrected chi connectivity index (χ4v) is 1.91. The Balaban J connectivity index is 1.91. The third kappa shape index (κ3) is 4.15. The third-order valence-corrected chi connectivity index (χ3v) is 2.66. The normalized spacial score (nSPS) is 17.3. The summed E-state index contributed by atoms with van der Waals surface area (Å²) in [5, 5.41) is 3.74. The Morgan fingerprint density at radius 3 is 2.77 bits per heavy atom. The van der Waals surface area contributed by atoms with E-state index in [9.17, 15) is 4.79 Å². The molecule has 75 valence electrons. The molecule has 1 radical (unpaired) electrons. The van der Waals surface area contributed by atoms with Crippen molar-refractivity contribution < 1.29 is 9.53 Å². The third-order valence-electron chi connectivity index (χ3n) is 2.66. The van der Waals surface area contributed by atoms with Gasteiger partial charge in [-0.15, -0.1) is 0 Å². The topological polar surface area (TPSA) is 40.4 Å². The van der Waals surface area contributed by atoms with E-state index in [1.165, 1.54) is 39.2 Å². The number of rotatable bonds is 4. The molecule has 1 aliphatic rings. The summed E-state index contributed by atoms with van der Waals surface area (Å²) in [5.41, 5.74) is 0. The Labute approximate surface area is 79.8 Å². The van der Waals surface area contributed by atoms with E-state index >= 15 is 0 Å². The summed E-state index contributed by atoms with van der Waals surface area (Å²) < 4.78 is 4.42. The number of nitrogens with zero attached hydrogens (tertiary/aromatic N) is 1. The van der Waals surface area contributed by atoms with Crippen LogP contribution in [0.25, 0.3) is 0 Å². The molecule has 0 aromatic rings. The van der Waals surface area contributed by atoms with Crippen LogP contribution in [0.5, 0.6) is 0 Å². The van der Waals surface area contributed by atoms with E-state index in [1.807, 2.05) is 0 Å². The van der Waals surface area contributed by atoms with Gasteiger partial charge < -0.3 is 4.74 Å². The van der Waals surface area contributed by atoms with Crippen LogP contribution in [0.15, 0.2) is 0 Å². The number of hydrogen-bond acceptors (Lipinski definition) is 2. The summed E-state index contributed by atoms with van der Waals surface area (Å²) in [6.07, 6.45) is 7.33. The van der Waals surface area contributed by atoms with Gasteiger partial charge in [-0.25, -0.2) is 10.1 Å². The van der Waals surface area contributed by atoms with Gasteiger partial charge in [-0.2, -0.15) is 0 Å². The number of methoxy groups -OCH3 is 1. The van der Waals surface area contributed by atoms with E-state index < -0.39 is 6.09 Å². The van der Waals surface area contributed by atoms with Crippen molar-refractivity contribution in [3.05, 3.63) is 0 Å². The molecule has 1 amide bonds. The Morgan fingerprint density at radius 2 is 2.15 bits per heavy atom. The lowest BCUT2D eigenvalue weighted by molar-refractivity contribution is 0.169. The van der Waals surface area contributed by atoms with Crippen LogP contribution < -0.4 is 5.32 Å². The van der Waals surface area contributed by atoms with Gasteiger partial charge in [0.05, 0.1) is 7.11 Å². The summed E-state index contributed by atoms with van der Waals surface area (Å²) in [4.78, 5) is 10.6. The molecule has 0 spiro atoms. The number of carbonyl (C=O) groups is 1. The number of carbonyl (C=O) groups excluding carboxylic acids is 1. The molecular weight excluding hydrogens is 166 g/mol. The maximum Gasteiger partial charge on any atom is 0.428 e. The molecule has 0 bridgehead atoms. The molecule has 0 N–H and O–H groups in total. The van der Waals surface area contributed by atoms with Gasteiger partial charge in [-0.1, -0.05) is 25.7 Å². The molecular formula is C10H18NO2. The average Bonchev–Trinajstić information content (AvgIpc) is 2.64. The SMILES string of the molecule is COC(=O)[N]CCCC1CCCC1. The highest BCUT2D eigenvalue weighted by molar-refractivity contribution is 5.66. The van der Waals surface area contributed by atoms with E-state index in [0.717, 1.165) is 12.3 Å². The standard InChI is InChI=1S/C10H18NO2/c1-13-10(12)11-8-4-7-9-5-2-3-6-9/h9H,2-8H2,1H3. The summed E-state index contributed by atoms with van der Waals surface area (Å²) >= 11 is 0. The molecule has 1 fully saturated rings. The zero-order valence-electron chi connectivity index (χ0n) is 8.29. The minimum atomic E-state index is -0.438. The molecule has 1 aliphatic carbocycles. The lowest BCUT2D eigenvalue weighted by Gasteiger charge is -2.07. The molecule has 0 aromatic carbocycles. The summed E-state index contributed by atoms with van der Waals surface area (Å²) in [7, 11) is 1.36. The van der Waals surface area contributed by atoms with Crippen molar-refractivity contribution in [2.45, 2.75) is 38.5 Å². The molecule has 0 saturated heterocycles. The summed E-state index contributed by atoms with van der Waals surface area (Å²) in [6.45, 7) is 0.628. The molecule has 13 heavy (non-hydrogen) atoms. The first-order valence-electron chi connectivity index (χ1n) is 5.08. The fourth-order valence-electron chi connectivity index (χ4n) is 1.91. The van der Waals surface area contributed by atoms with Crippen LogP contribution in [0.2, 0.25) is 0 Å². The van der Waals surface area contributed by atoms with E-state index in [2.05, 4.69) is 10.1 Å². The molecule has 1 rings (SSSR count). The lowest BCUT2D eigenvalue weighted by atomic mass is 10.0. The number of ether oxygens (including phenoxy) is 1. The second-order valence-electron chi connectivity index (χ2n) is 3.64. The largest absolute Gasteiger partial charge is 0.452 e. The Kier molecular flexibility index (Phi) is 4.65. The second-order valence-corrected chi connectivity index (χ2v) is 3.64. The lowest BCUT2D eigenvalue weighted by Crippen LogP contribution is -2.16. The average molecular weight is 184 g/mol. The molecule has 3 heteroatoms. The molecule has 1 saturated carbocycles. The Hall–Kier alpha value is -0.730. The van der Waals surface area contributed by atoms with Crippen molar-refractivity contribution in [2.24, 2.45) is 5.92 Å². The van der Waals surface area contributed by atoms with Crippen LogP contribution in [0.1, 0.15) is 38.5 Å². The number of hydrogen-bond donors (Lipinski definition) is 0. The first kappa shape index (κ1) is 10.4. The second kappa shape index (κ2) is 5.84. The smallest absolute Gasteiger partial charge is 0.428 e. The predicted octanol–water partition coefficient (Wildman–Crippen LogP) is 2.33. The van der Waals surface area contributed by atoms with Crippen LogP contribution in [0.3, 0.4) is 0 Å². The van der Waals surface area contributed by atoms with Gasteiger partial charge in [0.2, 0.25) is 0 Å². The summed E-state index contributed by atoms with van der Waals surface area (Å²) in [6, 6.07) is 0. The van der Waals surface area contributed by atoms with Crippen LogP contribution in [-0.2, 0) is 4.74 Å². The van der Waals surface area contributed by atoms with Crippen LogP contribution in [0.4, 0.5) is 4.79 Å². The maximum atomic E-state index is 10.6. The number of amides is 1. The highest BCUT2D eigenvalue weighted by Gasteiger charge is 2.14. The molecule has 0 aromatic heterocycles. The van der Waals surface area contributed by atoms with Gasteiger partial charge in [0.1, 0.15) is 0 Å². The monoisotopic (exact) mass is 184 g/mol. The quantitative estimate of drug-likeness (QED) is 0.629. The van der Waals surface area contributed by atoms with Crippen molar-refractivity contribution in [2.75, 3.05) is 13.7 Å². The van der Waals surface area contributed by atoms with E-state index in [0.29, 0.717) is 6.54 Å². The zero-order chi connectivity index (χ0) is 9.52. The van der Waals surface area contributed by atoms with Gasteiger partial charge in [0.15, 0.2) is 0 Å². The highest BCUT2D eigenvalue weighted by Crippen LogP contribution is 2.28. The molecule has 0 unspecified atom stereocenters. The van der Waals surface area contributed by atoms with Crippen molar-refractivity contribution in [3.8, 4) is 0 Å². The van der Waals surface area contributed by atoms with Crippen LogP contribution in [-0.4, -0.2) is 19.7 Å². The maximum absolute atomic E-state index is 10.6. The van der Waals surface area contributed by atoms with Crippen LogP contribution in [0, 0.1) is 5.92 Å². The highest BCUT2D eigenvalue weighted by atomic mass is 16.5. The van der Waals surface area contributed by atoms with E-state index in [1.54, 1.807) is 0 Å². The van der Waals surface area contributed by atoms with Gasteiger partial charge in [0.25, 0.3) is 0 Å².